The second kappa shape index (κ2) is 5.85. The number of anilines is 1. The Morgan fingerprint density at radius 3 is 3.04 bits per heavy atom. The van der Waals surface area contributed by atoms with Crippen LogP contribution in [0.25, 0.3) is 17.2 Å². The molecule has 0 radical (unpaired) electrons. The SMILES string of the molecule is CSC(=O)C1Nc2c(Cl)cccc2-n2cnc(-c3noc(C4CC4)n3)c21. The third-order valence-corrected chi connectivity index (χ3v) is 5.59. The number of para-hydroxylation sites is 1. The fraction of sp³-hybridized carbons (Fsp3) is 0.294. The molecule has 0 saturated heterocycles. The number of hydrogen-bond donors (Lipinski definition) is 1. The summed E-state index contributed by atoms with van der Waals surface area (Å²) in [5.41, 5.74) is 2.79. The summed E-state index contributed by atoms with van der Waals surface area (Å²) in [5, 5.41) is 7.86. The Kier molecular flexibility index (Phi) is 3.58. The van der Waals surface area contributed by atoms with Gasteiger partial charge in [-0.1, -0.05) is 34.6 Å². The first-order valence-electron chi connectivity index (χ1n) is 8.22. The van der Waals surface area contributed by atoms with Crippen LogP contribution in [0.15, 0.2) is 29.0 Å². The summed E-state index contributed by atoms with van der Waals surface area (Å²) in [6, 6.07) is 4.98. The van der Waals surface area contributed by atoms with Gasteiger partial charge in [0.05, 0.1) is 22.1 Å². The van der Waals surface area contributed by atoms with Crippen molar-refractivity contribution in [2.75, 3.05) is 11.6 Å². The van der Waals surface area contributed by atoms with E-state index in [1.165, 1.54) is 0 Å². The molecule has 1 aromatic carbocycles. The largest absolute Gasteiger partial charge is 0.367 e. The van der Waals surface area contributed by atoms with Crippen LogP contribution in [0.4, 0.5) is 5.69 Å². The number of aromatic nitrogens is 4. The lowest BCUT2D eigenvalue weighted by atomic mass is 10.1. The number of nitrogens with zero attached hydrogens (tertiary/aromatic N) is 4. The van der Waals surface area contributed by atoms with Crippen LogP contribution in [-0.4, -0.2) is 31.1 Å². The first kappa shape index (κ1) is 15.9. The zero-order valence-corrected chi connectivity index (χ0v) is 15.3. The average Bonchev–Trinajstić information content (AvgIpc) is 3.22. The highest BCUT2D eigenvalue weighted by molar-refractivity contribution is 8.13. The zero-order chi connectivity index (χ0) is 17.8. The Morgan fingerprint density at radius 2 is 2.27 bits per heavy atom. The Labute approximate surface area is 158 Å². The van der Waals surface area contributed by atoms with Gasteiger partial charge in [0.1, 0.15) is 18.1 Å². The van der Waals surface area contributed by atoms with Gasteiger partial charge >= 0.3 is 0 Å². The molecule has 2 aromatic heterocycles. The number of fused-ring (bicyclic) bond motifs is 3. The molecule has 3 aromatic rings. The van der Waals surface area contributed by atoms with Gasteiger partial charge in [-0.25, -0.2) is 4.98 Å². The summed E-state index contributed by atoms with van der Waals surface area (Å²) in [5.74, 6) is 1.41. The van der Waals surface area contributed by atoms with Crippen molar-refractivity contribution in [1.82, 2.24) is 19.7 Å². The van der Waals surface area contributed by atoms with E-state index in [9.17, 15) is 4.79 Å². The van der Waals surface area contributed by atoms with Gasteiger partial charge in [-0.15, -0.1) is 0 Å². The number of hydrogen-bond acceptors (Lipinski definition) is 7. The zero-order valence-electron chi connectivity index (χ0n) is 13.8. The fourth-order valence-corrected chi connectivity index (χ4v) is 3.81. The molecule has 1 aliphatic heterocycles. The number of thioether (sulfide) groups is 1. The molecule has 7 nitrogen and oxygen atoms in total. The lowest BCUT2D eigenvalue weighted by Crippen LogP contribution is -2.27. The van der Waals surface area contributed by atoms with Crippen LogP contribution in [-0.2, 0) is 4.79 Å². The Balaban J connectivity index is 1.69. The number of carbonyl (C=O) groups excluding carboxylic acids is 1. The second-order valence-corrected chi connectivity index (χ2v) is 7.53. The minimum Gasteiger partial charge on any atom is -0.367 e. The molecule has 1 atom stereocenters. The Morgan fingerprint density at radius 1 is 1.42 bits per heavy atom. The molecule has 1 aliphatic carbocycles. The quantitative estimate of drug-likeness (QED) is 0.731. The average molecular weight is 388 g/mol. The molecular formula is C17H14ClN5O2S. The maximum Gasteiger partial charge on any atom is 0.230 e. The highest BCUT2D eigenvalue weighted by Crippen LogP contribution is 2.43. The van der Waals surface area contributed by atoms with Crippen LogP contribution in [0.3, 0.4) is 0 Å². The molecule has 5 rings (SSSR count). The summed E-state index contributed by atoms with van der Waals surface area (Å²) in [4.78, 5) is 21.6. The molecule has 1 N–H and O–H groups in total. The van der Waals surface area contributed by atoms with E-state index in [1.807, 2.05) is 16.7 Å². The van der Waals surface area contributed by atoms with Crippen LogP contribution < -0.4 is 5.32 Å². The van der Waals surface area contributed by atoms with Gasteiger partial charge in [-0.3, -0.25) is 9.36 Å². The molecule has 0 bridgehead atoms. The van der Waals surface area contributed by atoms with Gasteiger partial charge in [0.15, 0.2) is 0 Å². The predicted molar refractivity (Wildman–Crippen MR) is 98.7 cm³/mol. The molecule has 3 heterocycles. The second-order valence-electron chi connectivity index (χ2n) is 6.31. The topological polar surface area (TPSA) is 85.8 Å². The van der Waals surface area contributed by atoms with Crippen molar-refractivity contribution < 1.29 is 9.32 Å². The minimum atomic E-state index is -0.599. The van der Waals surface area contributed by atoms with Crippen molar-refractivity contribution in [3.8, 4) is 17.2 Å². The van der Waals surface area contributed by atoms with Crippen LogP contribution in [0.5, 0.6) is 0 Å². The van der Waals surface area contributed by atoms with E-state index in [0.717, 1.165) is 30.3 Å². The highest BCUT2D eigenvalue weighted by Gasteiger charge is 2.36. The van der Waals surface area contributed by atoms with E-state index in [1.54, 1.807) is 18.6 Å². The third kappa shape index (κ3) is 2.36. The molecular weight excluding hydrogens is 374 g/mol. The molecule has 9 heteroatoms. The van der Waals surface area contributed by atoms with E-state index in [0.29, 0.717) is 39.7 Å². The van der Waals surface area contributed by atoms with Crippen LogP contribution in [0.2, 0.25) is 5.02 Å². The fourth-order valence-electron chi connectivity index (χ4n) is 3.18. The number of halogens is 1. The van der Waals surface area contributed by atoms with Crippen molar-refractivity contribution in [3.05, 3.63) is 41.1 Å². The lowest BCUT2D eigenvalue weighted by molar-refractivity contribution is -0.111. The maximum absolute atomic E-state index is 12.6. The smallest absolute Gasteiger partial charge is 0.230 e. The number of nitrogens with one attached hydrogen (secondary N) is 1. The number of imidazole rings is 1. The molecule has 26 heavy (non-hydrogen) atoms. The van der Waals surface area contributed by atoms with Crippen molar-refractivity contribution in [3.63, 3.8) is 0 Å². The van der Waals surface area contributed by atoms with Crippen molar-refractivity contribution >= 4 is 34.2 Å². The molecule has 0 amide bonds. The molecule has 1 unspecified atom stereocenters. The first-order valence-corrected chi connectivity index (χ1v) is 9.82. The van der Waals surface area contributed by atoms with Crippen molar-refractivity contribution in [2.45, 2.75) is 24.8 Å². The summed E-state index contributed by atoms with van der Waals surface area (Å²) in [6.07, 6.45) is 5.58. The molecule has 132 valence electrons. The first-order chi connectivity index (χ1) is 12.7. The van der Waals surface area contributed by atoms with Crippen LogP contribution in [0.1, 0.15) is 36.4 Å². The number of carbonyl (C=O) groups is 1. The van der Waals surface area contributed by atoms with Gasteiger partial charge in [-0.05, 0) is 31.2 Å². The third-order valence-electron chi connectivity index (χ3n) is 4.63. The van der Waals surface area contributed by atoms with Gasteiger partial charge < -0.3 is 9.84 Å². The van der Waals surface area contributed by atoms with E-state index < -0.39 is 6.04 Å². The molecule has 2 aliphatic rings. The van der Waals surface area contributed by atoms with Crippen LogP contribution >= 0.6 is 23.4 Å². The summed E-state index contributed by atoms with van der Waals surface area (Å²) in [6.45, 7) is 0. The van der Waals surface area contributed by atoms with Crippen LogP contribution in [0, 0.1) is 0 Å². The minimum absolute atomic E-state index is 0.0375. The normalized spacial score (nSPS) is 18.2. The monoisotopic (exact) mass is 387 g/mol. The summed E-state index contributed by atoms with van der Waals surface area (Å²) >= 11 is 7.49. The van der Waals surface area contributed by atoms with Crippen molar-refractivity contribution in [2.24, 2.45) is 0 Å². The van der Waals surface area contributed by atoms with E-state index in [-0.39, 0.29) is 5.12 Å². The Hall–Kier alpha value is -2.32. The van der Waals surface area contributed by atoms with E-state index >= 15 is 0 Å². The highest BCUT2D eigenvalue weighted by atomic mass is 35.5. The van der Waals surface area contributed by atoms with Gasteiger partial charge in [0, 0.05) is 5.92 Å². The summed E-state index contributed by atoms with van der Waals surface area (Å²) in [7, 11) is 0. The lowest BCUT2D eigenvalue weighted by Gasteiger charge is -2.28. The molecule has 0 spiro atoms. The maximum atomic E-state index is 12.6. The standard InChI is InChI=1S/C17H14ClN5O2S/c1-26-17(24)13-14-12(15-21-16(25-22-15)8-5-6-8)19-7-23(14)10-4-2-3-9(18)11(10)20-13/h2-4,7-8,13,20H,5-6H2,1H3. The molecule has 1 fully saturated rings. The number of benzene rings is 1. The number of rotatable bonds is 3. The Bertz CT molecular complexity index is 1030. The summed E-state index contributed by atoms with van der Waals surface area (Å²) < 4.78 is 7.25. The van der Waals surface area contributed by atoms with E-state index in [4.69, 9.17) is 16.1 Å². The van der Waals surface area contributed by atoms with Gasteiger partial charge in [-0.2, -0.15) is 4.98 Å². The van der Waals surface area contributed by atoms with Crippen molar-refractivity contribution in [1.29, 1.82) is 0 Å². The van der Waals surface area contributed by atoms with E-state index in [2.05, 4.69) is 20.4 Å². The predicted octanol–water partition coefficient (Wildman–Crippen LogP) is 3.81. The van der Waals surface area contributed by atoms with Gasteiger partial charge in [0.25, 0.3) is 0 Å². The van der Waals surface area contributed by atoms with Gasteiger partial charge in [0.2, 0.25) is 16.8 Å². The molecule has 1 saturated carbocycles.